The number of anilines is 1. The number of β-amino-alcohol motifs (C(OH)–C–C–N with tert-alkyl or cyclic N) is 2. The van der Waals surface area contributed by atoms with E-state index in [9.17, 15) is 10.2 Å². The van der Waals surface area contributed by atoms with Gasteiger partial charge >= 0.3 is 0 Å². The molecule has 1 heterocycles. The fourth-order valence-corrected chi connectivity index (χ4v) is 1.81. The summed E-state index contributed by atoms with van der Waals surface area (Å²) in [7, 11) is 0. The minimum absolute atomic E-state index is 0.375. The van der Waals surface area contributed by atoms with Crippen LogP contribution in [0.1, 0.15) is 5.56 Å². The molecule has 0 radical (unpaired) electrons. The Labute approximate surface area is 88.0 Å². The van der Waals surface area contributed by atoms with Gasteiger partial charge in [-0.15, -0.1) is 0 Å². The number of nitrogens with zero attached hydrogens (tertiary/aromatic N) is 2. The van der Waals surface area contributed by atoms with Crippen LogP contribution in [0.2, 0.25) is 0 Å². The molecule has 15 heavy (non-hydrogen) atoms. The van der Waals surface area contributed by atoms with Crippen molar-refractivity contribution < 1.29 is 10.2 Å². The predicted octanol–water partition coefficient (Wildman–Crippen LogP) is 0.100. The normalized spacial score (nSPS) is 25.3. The maximum atomic E-state index is 9.42. The van der Waals surface area contributed by atoms with Crippen LogP contribution in [0, 0.1) is 11.3 Å². The van der Waals surface area contributed by atoms with Gasteiger partial charge in [0.1, 0.15) is 6.07 Å². The highest BCUT2D eigenvalue weighted by molar-refractivity contribution is 5.60. The summed E-state index contributed by atoms with van der Waals surface area (Å²) in [5.74, 6) is 0. The van der Waals surface area contributed by atoms with Gasteiger partial charge in [0.15, 0.2) is 0 Å². The van der Waals surface area contributed by atoms with Crippen molar-refractivity contribution in [3.63, 3.8) is 0 Å². The van der Waals surface area contributed by atoms with Crippen LogP contribution in [0.15, 0.2) is 24.3 Å². The number of hydrogen-bond donors (Lipinski definition) is 2. The fraction of sp³-hybridized carbons (Fsp3) is 0.364. The molecular formula is C11H12N2O2. The minimum atomic E-state index is -0.725. The molecule has 78 valence electrons. The highest BCUT2D eigenvalue weighted by atomic mass is 16.3. The smallest absolute Gasteiger partial charge is 0.101 e. The lowest BCUT2D eigenvalue weighted by Gasteiger charge is -2.18. The minimum Gasteiger partial charge on any atom is -0.389 e. The number of hydrogen-bond acceptors (Lipinski definition) is 4. The first-order valence-electron chi connectivity index (χ1n) is 4.82. The molecule has 0 bridgehead atoms. The van der Waals surface area contributed by atoms with Gasteiger partial charge in [0.05, 0.1) is 23.5 Å². The van der Waals surface area contributed by atoms with E-state index in [-0.39, 0.29) is 0 Å². The summed E-state index contributed by atoms with van der Waals surface area (Å²) in [4.78, 5) is 1.83. The van der Waals surface area contributed by atoms with E-state index >= 15 is 0 Å². The molecule has 1 fully saturated rings. The average molecular weight is 204 g/mol. The molecule has 0 aliphatic carbocycles. The molecule has 1 saturated heterocycles. The summed E-state index contributed by atoms with van der Waals surface area (Å²) in [5.41, 5.74) is 1.34. The maximum absolute atomic E-state index is 9.42. The summed E-state index contributed by atoms with van der Waals surface area (Å²) in [6.45, 7) is 0.750. The Balaban J connectivity index is 2.28. The molecular weight excluding hydrogens is 192 g/mol. The number of nitriles is 1. The summed E-state index contributed by atoms with van der Waals surface area (Å²) >= 11 is 0. The number of rotatable bonds is 1. The monoisotopic (exact) mass is 204 g/mol. The van der Waals surface area contributed by atoms with E-state index in [2.05, 4.69) is 6.07 Å². The van der Waals surface area contributed by atoms with Gasteiger partial charge in [-0.2, -0.15) is 5.26 Å². The largest absolute Gasteiger partial charge is 0.389 e. The van der Waals surface area contributed by atoms with Gasteiger partial charge < -0.3 is 15.1 Å². The van der Waals surface area contributed by atoms with E-state index in [1.54, 1.807) is 12.1 Å². The SMILES string of the molecule is N#Cc1ccccc1N1CC(O)C(O)C1. The van der Waals surface area contributed by atoms with Gasteiger partial charge in [0, 0.05) is 13.1 Å². The number of benzene rings is 1. The molecule has 2 atom stereocenters. The molecule has 1 aromatic carbocycles. The molecule has 1 aliphatic heterocycles. The van der Waals surface area contributed by atoms with Crippen molar-refractivity contribution in [1.29, 1.82) is 5.26 Å². The van der Waals surface area contributed by atoms with Crippen LogP contribution in [0.5, 0.6) is 0 Å². The van der Waals surface area contributed by atoms with E-state index in [4.69, 9.17) is 5.26 Å². The molecule has 2 rings (SSSR count). The summed E-state index contributed by atoms with van der Waals surface area (Å²) in [6.07, 6.45) is -1.45. The first-order chi connectivity index (χ1) is 7.22. The second-order valence-electron chi connectivity index (χ2n) is 3.67. The third kappa shape index (κ3) is 1.80. The quantitative estimate of drug-likeness (QED) is 0.680. The Bertz CT molecular complexity index is 390. The van der Waals surface area contributed by atoms with Crippen molar-refractivity contribution in [1.82, 2.24) is 0 Å². The zero-order valence-electron chi connectivity index (χ0n) is 8.17. The third-order valence-corrected chi connectivity index (χ3v) is 2.62. The van der Waals surface area contributed by atoms with Gasteiger partial charge in [0.2, 0.25) is 0 Å². The van der Waals surface area contributed by atoms with Crippen LogP contribution in [-0.4, -0.2) is 35.5 Å². The van der Waals surface area contributed by atoms with E-state index in [0.717, 1.165) is 5.69 Å². The Morgan fingerprint density at radius 3 is 2.40 bits per heavy atom. The van der Waals surface area contributed by atoms with Crippen LogP contribution in [-0.2, 0) is 0 Å². The molecule has 1 aromatic rings. The zero-order valence-corrected chi connectivity index (χ0v) is 8.17. The van der Waals surface area contributed by atoms with Crippen molar-refractivity contribution in [2.24, 2.45) is 0 Å². The first kappa shape index (κ1) is 9.97. The van der Waals surface area contributed by atoms with Gasteiger partial charge in [-0.25, -0.2) is 0 Å². The second-order valence-corrected chi connectivity index (χ2v) is 3.67. The van der Waals surface area contributed by atoms with E-state index < -0.39 is 12.2 Å². The lowest BCUT2D eigenvalue weighted by atomic mass is 10.2. The van der Waals surface area contributed by atoms with Crippen LogP contribution in [0.3, 0.4) is 0 Å². The second kappa shape index (κ2) is 3.89. The number of para-hydroxylation sites is 1. The van der Waals surface area contributed by atoms with Crippen molar-refractivity contribution in [2.75, 3.05) is 18.0 Å². The molecule has 0 spiro atoms. The van der Waals surface area contributed by atoms with Gasteiger partial charge in [-0.05, 0) is 12.1 Å². The first-order valence-corrected chi connectivity index (χ1v) is 4.82. The van der Waals surface area contributed by atoms with E-state index in [1.165, 1.54) is 0 Å². The molecule has 2 N–H and O–H groups in total. The number of aliphatic hydroxyl groups is 2. The fourth-order valence-electron chi connectivity index (χ4n) is 1.81. The Kier molecular flexibility index (Phi) is 2.58. The van der Waals surface area contributed by atoms with Gasteiger partial charge in [-0.3, -0.25) is 0 Å². The van der Waals surface area contributed by atoms with Crippen LogP contribution < -0.4 is 4.90 Å². The molecule has 4 heteroatoms. The Hall–Kier alpha value is -1.57. The van der Waals surface area contributed by atoms with Crippen molar-refractivity contribution in [2.45, 2.75) is 12.2 Å². The Morgan fingerprint density at radius 1 is 1.20 bits per heavy atom. The summed E-state index contributed by atoms with van der Waals surface area (Å²) in [6, 6.07) is 9.29. The standard InChI is InChI=1S/C11H12N2O2/c12-5-8-3-1-2-4-9(8)13-6-10(14)11(15)7-13/h1-4,10-11,14-15H,6-7H2. The van der Waals surface area contributed by atoms with Gasteiger partial charge in [0.25, 0.3) is 0 Å². The van der Waals surface area contributed by atoms with Crippen LogP contribution >= 0.6 is 0 Å². The number of aliphatic hydroxyl groups excluding tert-OH is 2. The lowest BCUT2D eigenvalue weighted by molar-refractivity contribution is 0.0572. The third-order valence-electron chi connectivity index (χ3n) is 2.62. The Morgan fingerprint density at radius 2 is 1.80 bits per heavy atom. The molecule has 0 aromatic heterocycles. The van der Waals surface area contributed by atoms with E-state index in [0.29, 0.717) is 18.7 Å². The molecule has 1 aliphatic rings. The van der Waals surface area contributed by atoms with Crippen molar-refractivity contribution in [3.05, 3.63) is 29.8 Å². The van der Waals surface area contributed by atoms with Crippen LogP contribution in [0.25, 0.3) is 0 Å². The lowest BCUT2D eigenvalue weighted by Crippen LogP contribution is -2.22. The molecule has 2 unspecified atom stereocenters. The van der Waals surface area contributed by atoms with E-state index in [1.807, 2.05) is 17.0 Å². The highest BCUT2D eigenvalue weighted by Crippen LogP contribution is 2.24. The molecule has 4 nitrogen and oxygen atoms in total. The van der Waals surface area contributed by atoms with Crippen molar-refractivity contribution >= 4 is 5.69 Å². The van der Waals surface area contributed by atoms with Crippen molar-refractivity contribution in [3.8, 4) is 6.07 Å². The summed E-state index contributed by atoms with van der Waals surface area (Å²) < 4.78 is 0. The topological polar surface area (TPSA) is 67.5 Å². The molecule has 0 amide bonds. The van der Waals surface area contributed by atoms with Crippen LogP contribution in [0.4, 0.5) is 5.69 Å². The average Bonchev–Trinajstić information content (AvgIpc) is 2.59. The zero-order chi connectivity index (χ0) is 10.8. The predicted molar refractivity (Wildman–Crippen MR) is 55.4 cm³/mol. The maximum Gasteiger partial charge on any atom is 0.101 e. The summed E-state index contributed by atoms with van der Waals surface area (Å²) in [5, 5.41) is 27.7. The highest BCUT2D eigenvalue weighted by Gasteiger charge is 2.30. The van der Waals surface area contributed by atoms with Gasteiger partial charge in [-0.1, -0.05) is 12.1 Å². The molecule has 0 saturated carbocycles.